The van der Waals surface area contributed by atoms with Crippen molar-refractivity contribution >= 4 is 15.9 Å². The number of aromatic nitrogens is 1. The molecule has 1 unspecified atom stereocenters. The summed E-state index contributed by atoms with van der Waals surface area (Å²) >= 11 is 0. The summed E-state index contributed by atoms with van der Waals surface area (Å²) in [7, 11) is -1.30. The lowest BCUT2D eigenvalue weighted by molar-refractivity contribution is -0.102. The predicted molar refractivity (Wildman–Crippen MR) is 85.6 cm³/mol. The van der Waals surface area contributed by atoms with Crippen molar-refractivity contribution in [3.8, 4) is 0 Å². The molecule has 0 bridgehead atoms. The molecule has 0 aromatic carbocycles. The first-order chi connectivity index (χ1) is 10.8. The highest BCUT2D eigenvalue weighted by Gasteiger charge is 2.55. The minimum absolute atomic E-state index is 0.0863. The zero-order valence-electron chi connectivity index (χ0n) is 13.5. The first kappa shape index (κ1) is 16.5. The van der Waals surface area contributed by atoms with Crippen LogP contribution in [0.1, 0.15) is 23.3 Å². The number of nitrogens with one attached hydrogen (secondary N) is 1. The van der Waals surface area contributed by atoms with Crippen molar-refractivity contribution in [2.45, 2.75) is 18.4 Å². The Balaban J connectivity index is 1.51. The Labute approximate surface area is 136 Å². The molecule has 3 heterocycles. The van der Waals surface area contributed by atoms with E-state index in [2.05, 4.69) is 5.32 Å². The summed E-state index contributed by atoms with van der Waals surface area (Å²) in [5.74, 6) is 0.200. The molecular weight excluding hydrogens is 318 g/mol. The molecule has 2 aliphatic heterocycles. The van der Waals surface area contributed by atoms with Crippen LogP contribution in [0.5, 0.6) is 0 Å². The number of rotatable bonds is 5. The second-order valence-corrected chi connectivity index (χ2v) is 8.46. The molecule has 0 saturated carbocycles. The van der Waals surface area contributed by atoms with Gasteiger partial charge in [-0.1, -0.05) is 0 Å². The molecule has 128 valence electrons. The summed E-state index contributed by atoms with van der Waals surface area (Å²) in [6.45, 7) is 2.09. The van der Waals surface area contributed by atoms with Crippen LogP contribution in [0.3, 0.4) is 0 Å². The Hall–Kier alpha value is -1.38. The van der Waals surface area contributed by atoms with Crippen molar-refractivity contribution in [3.05, 3.63) is 24.0 Å². The molecule has 0 radical (unpaired) electrons. The minimum atomic E-state index is -3.14. The van der Waals surface area contributed by atoms with E-state index in [0.29, 0.717) is 31.9 Å². The fourth-order valence-electron chi connectivity index (χ4n) is 3.47. The molecule has 1 atom stereocenters. The van der Waals surface area contributed by atoms with Crippen LogP contribution in [0.25, 0.3) is 0 Å². The third-order valence-electron chi connectivity index (χ3n) is 4.91. The summed E-state index contributed by atoms with van der Waals surface area (Å²) < 4.78 is 32.2. The van der Waals surface area contributed by atoms with E-state index in [1.807, 2.05) is 19.3 Å². The summed E-state index contributed by atoms with van der Waals surface area (Å²) in [5, 5.41) is 2.93. The Morgan fingerprint density at radius 3 is 2.83 bits per heavy atom. The van der Waals surface area contributed by atoms with Gasteiger partial charge in [0.2, 0.25) is 10.0 Å². The first-order valence-electron chi connectivity index (χ1n) is 7.80. The van der Waals surface area contributed by atoms with Gasteiger partial charge in [0.1, 0.15) is 5.69 Å². The van der Waals surface area contributed by atoms with Gasteiger partial charge in [-0.15, -0.1) is 0 Å². The van der Waals surface area contributed by atoms with E-state index < -0.39 is 10.0 Å². The third-order valence-corrected chi connectivity index (χ3v) is 6.11. The van der Waals surface area contributed by atoms with Gasteiger partial charge in [0, 0.05) is 39.5 Å². The quantitative estimate of drug-likeness (QED) is 0.829. The van der Waals surface area contributed by atoms with E-state index in [9.17, 15) is 13.2 Å². The highest BCUT2D eigenvalue weighted by atomic mass is 32.2. The van der Waals surface area contributed by atoms with E-state index in [-0.39, 0.29) is 17.4 Å². The summed E-state index contributed by atoms with van der Waals surface area (Å²) in [6.07, 6.45) is 4.78. The molecule has 0 aliphatic carbocycles. The Morgan fingerprint density at radius 2 is 2.22 bits per heavy atom. The molecule has 1 aromatic heterocycles. The van der Waals surface area contributed by atoms with E-state index in [1.54, 1.807) is 10.6 Å². The number of carbonyl (C=O) groups excluding carboxylic acids is 1. The molecule has 8 heteroatoms. The SMILES string of the molecule is Cn1cccc1C(=O)NCCC1CCOC12CN(S(C)(=O)=O)C2. The zero-order chi connectivity index (χ0) is 16.7. The molecule has 1 amide bonds. The van der Waals surface area contributed by atoms with Gasteiger partial charge in [-0.05, 0) is 30.9 Å². The zero-order valence-corrected chi connectivity index (χ0v) is 14.3. The van der Waals surface area contributed by atoms with E-state index >= 15 is 0 Å². The van der Waals surface area contributed by atoms with Crippen LogP contribution in [0, 0.1) is 5.92 Å². The highest BCUT2D eigenvalue weighted by Crippen LogP contribution is 2.42. The largest absolute Gasteiger partial charge is 0.372 e. The maximum absolute atomic E-state index is 12.1. The van der Waals surface area contributed by atoms with E-state index in [1.165, 1.54) is 10.6 Å². The molecule has 1 aromatic rings. The monoisotopic (exact) mass is 341 g/mol. The highest BCUT2D eigenvalue weighted by molar-refractivity contribution is 7.88. The molecule has 1 N–H and O–H groups in total. The van der Waals surface area contributed by atoms with Crippen molar-refractivity contribution in [1.82, 2.24) is 14.2 Å². The lowest BCUT2D eigenvalue weighted by Crippen LogP contribution is -2.65. The summed E-state index contributed by atoms with van der Waals surface area (Å²) in [5.41, 5.74) is 0.285. The van der Waals surface area contributed by atoms with Crippen molar-refractivity contribution < 1.29 is 17.9 Å². The molecule has 23 heavy (non-hydrogen) atoms. The van der Waals surface area contributed by atoms with Crippen LogP contribution in [0.4, 0.5) is 0 Å². The number of nitrogens with zero attached hydrogens (tertiary/aromatic N) is 2. The van der Waals surface area contributed by atoms with Crippen LogP contribution in [-0.2, 0) is 21.8 Å². The number of amides is 1. The molecule has 1 spiro atoms. The summed E-state index contributed by atoms with van der Waals surface area (Å²) in [4.78, 5) is 12.1. The first-order valence-corrected chi connectivity index (χ1v) is 9.65. The van der Waals surface area contributed by atoms with Crippen LogP contribution >= 0.6 is 0 Å². The Morgan fingerprint density at radius 1 is 1.48 bits per heavy atom. The van der Waals surface area contributed by atoms with Gasteiger partial charge in [-0.25, -0.2) is 8.42 Å². The van der Waals surface area contributed by atoms with E-state index in [4.69, 9.17) is 4.74 Å². The van der Waals surface area contributed by atoms with Crippen molar-refractivity contribution in [2.24, 2.45) is 13.0 Å². The van der Waals surface area contributed by atoms with E-state index in [0.717, 1.165) is 12.8 Å². The number of aryl methyl sites for hydroxylation is 1. The number of sulfonamides is 1. The average Bonchev–Trinajstić information content (AvgIpc) is 3.01. The molecule has 2 fully saturated rings. The van der Waals surface area contributed by atoms with Gasteiger partial charge < -0.3 is 14.6 Å². The maximum atomic E-state index is 12.1. The van der Waals surface area contributed by atoms with Gasteiger partial charge in [0.25, 0.3) is 5.91 Å². The second-order valence-electron chi connectivity index (χ2n) is 6.48. The number of ether oxygens (including phenoxy) is 1. The van der Waals surface area contributed by atoms with Gasteiger partial charge in [0.05, 0.1) is 11.9 Å². The van der Waals surface area contributed by atoms with Crippen molar-refractivity contribution in [2.75, 3.05) is 32.5 Å². The molecule has 7 nitrogen and oxygen atoms in total. The molecular formula is C15H23N3O4S. The van der Waals surface area contributed by atoms with Crippen LogP contribution in [-0.4, -0.2) is 61.3 Å². The third kappa shape index (κ3) is 3.15. The Bertz CT molecular complexity index is 691. The molecule has 2 saturated heterocycles. The maximum Gasteiger partial charge on any atom is 0.267 e. The van der Waals surface area contributed by atoms with Crippen LogP contribution < -0.4 is 5.32 Å². The number of hydrogen-bond acceptors (Lipinski definition) is 4. The minimum Gasteiger partial charge on any atom is -0.372 e. The smallest absolute Gasteiger partial charge is 0.267 e. The van der Waals surface area contributed by atoms with Crippen molar-refractivity contribution in [3.63, 3.8) is 0 Å². The standard InChI is InChI=1S/C15H23N3O4S/c1-17-8-3-4-13(17)14(19)16-7-5-12-6-9-22-15(12)10-18(11-15)23(2,20)21/h3-4,8,12H,5-7,9-11H2,1-2H3,(H,16,19). The molecule has 2 aliphatic rings. The fourth-order valence-corrected chi connectivity index (χ4v) is 4.38. The predicted octanol–water partition coefficient (Wildman–Crippen LogP) is 0.196. The Kier molecular flexibility index (Phi) is 4.24. The van der Waals surface area contributed by atoms with Gasteiger partial charge in [0.15, 0.2) is 0 Å². The van der Waals surface area contributed by atoms with Crippen LogP contribution in [0.15, 0.2) is 18.3 Å². The normalized spacial score (nSPS) is 23.8. The average molecular weight is 341 g/mol. The van der Waals surface area contributed by atoms with Gasteiger partial charge in [-0.2, -0.15) is 4.31 Å². The number of carbonyl (C=O) groups is 1. The molecule has 3 rings (SSSR count). The van der Waals surface area contributed by atoms with Crippen molar-refractivity contribution in [1.29, 1.82) is 0 Å². The summed E-state index contributed by atoms with van der Waals surface area (Å²) in [6, 6.07) is 3.62. The van der Waals surface area contributed by atoms with Gasteiger partial charge in [-0.3, -0.25) is 4.79 Å². The van der Waals surface area contributed by atoms with Crippen LogP contribution in [0.2, 0.25) is 0 Å². The lowest BCUT2D eigenvalue weighted by atomic mass is 9.80. The van der Waals surface area contributed by atoms with Gasteiger partial charge >= 0.3 is 0 Å². The number of hydrogen-bond donors (Lipinski definition) is 1. The lowest BCUT2D eigenvalue weighted by Gasteiger charge is -2.48. The fraction of sp³-hybridized carbons (Fsp3) is 0.667. The topological polar surface area (TPSA) is 80.6 Å². The second kappa shape index (κ2) is 5.92.